The molecule has 0 fully saturated rings. The Morgan fingerprint density at radius 1 is 1.23 bits per heavy atom. The van der Waals surface area contributed by atoms with Gasteiger partial charge in [0.2, 0.25) is 11.9 Å². The number of benzene rings is 1. The van der Waals surface area contributed by atoms with E-state index in [4.69, 9.17) is 10.8 Å². The quantitative estimate of drug-likeness (QED) is 0.601. The van der Waals surface area contributed by atoms with Crippen molar-refractivity contribution in [1.29, 1.82) is 0 Å². The zero-order chi connectivity index (χ0) is 18.5. The molecule has 0 saturated heterocycles. The number of hydrogen-bond donors (Lipinski definition) is 4. The molecule has 1 aromatic carbocycles. The van der Waals surface area contributed by atoms with Crippen LogP contribution in [0.3, 0.4) is 0 Å². The van der Waals surface area contributed by atoms with Crippen LogP contribution in [0.4, 0.5) is 17.5 Å². The molecule has 8 nitrogen and oxygen atoms in total. The lowest BCUT2D eigenvalue weighted by Gasteiger charge is -2.10. The molecule has 0 unspecified atom stereocenters. The van der Waals surface area contributed by atoms with Crippen LogP contribution < -0.4 is 16.4 Å². The fraction of sp³-hybridized carbons (Fsp3) is 0.222. The molecule has 0 atom stereocenters. The molecule has 1 aromatic heterocycles. The van der Waals surface area contributed by atoms with Crippen molar-refractivity contribution in [2.45, 2.75) is 19.3 Å². The molecule has 1 aliphatic carbocycles. The largest absolute Gasteiger partial charge is 0.481 e. The molecule has 0 spiro atoms. The number of anilines is 3. The molecule has 1 aliphatic rings. The third-order valence-corrected chi connectivity index (χ3v) is 3.89. The number of carbonyl (C=O) groups is 2. The smallest absolute Gasteiger partial charge is 0.303 e. The first-order chi connectivity index (χ1) is 12.5. The second-order valence-corrected chi connectivity index (χ2v) is 5.88. The normalized spacial score (nSPS) is 12.8. The van der Waals surface area contributed by atoms with E-state index >= 15 is 0 Å². The predicted octanol–water partition coefficient (Wildman–Crippen LogP) is 2.31. The van der Waals surface area contributed by atoms with Gasteiger partial charge < -0.3 is 16.2 Å². The highest BCUT2D eigenvalue weighted by Gasteiger charge is 2.11. The Hall–Kier alpha value is -3.42. The summed E-state index contributed by atoms with van der Waals surface area (Å²) in [7, 11) is 0. The van der Waals surface area contributed by atoms with Crippen molar-refractivity contribution in [3.8, 4) is 0 Å². The summed E-state index contributed by atoms with van der Waals surface area (Å²) in [6, 6.07) is 5.53. The Morgan fingerprint density at radius 2 is 2.08 bits per heavy atom. The van der Waals surface area contributed by atoms with Gasteiger partial charge in [-0.25, -0.2) is 4.98 Å². The van der Waals surface area contributed by atoms with Gasteiger partial charge in [-0.05, 0) is 30.2 Å². The maximum absolute atomic E-state index is 11.7. The first-order valence-electron chi connectivity index (χ1n) is 8.19. The van der Waals surface area contributed by atoms with Gasteiger partial charge in [0.25, 0.3) is 0 Å². The lowest BCUT2D eigenvalue weighted by molar-refractivity contribution is -0.138. The number of rotatable bonds is 7. The zero-order valence-corrected chi connectivity index (χ0v) is 14.0. The monoisotopic (exact) mass is 353 g/mol. The van der Waals surface area contributed by atoms with Gasteiger partial charge in [-0.3, -0.25) is 14.9 Å². The summed E-state index contributed by atoms with van der Waals surface area (Å²) in [6.07, 6.45) is 6.92. The number of nitrogen functional groups attached to an aromatic ring is 1. The Morgan fingerprint density at radius 3 is 2.81 bits per heavy atom. The van der Waals surface area contributed by atoms with Crippen molar-refractivity contribution in [1.82, 2.24) is 9.97 Å². The van der Waals surface area contributed by atoms with Crippen LogP contribution in [0.15, 0.2) is 42.0 Å². The van der Waals surface area contributed by atoms with E-state index in [0.29, 0.717) is 10.9 Å². The Kier molecular flexibility index (Phi) is 5.12. The lowest BCUT2D eigenvalue weighted by atomic mass is 10.2. The number of allylic oxidation sites excluding steroid dienone is 2. The van der Waals surface area contributed by atoms with Crippen LogP contribution >= 0.6 is 0 Å². The number of aliphatic carboxylic acids is 1. The number of hydrogen-bond acceptors (Lipinski definition) is 6. The number of carboxylic acids is 1. The van der Waals surface area contributed by atoms with E-state index in [0.717, 1.165) is 18.7 Å². The highest BCUT2D eigenvalue weighted by molar-refractivity contribution is 5.95. The molecule has 0 radical (unpaired) electrons. The van der Waals surface area contributed by atoms with E-state index in [-0.39, 0.29) is 24.6 Å². The first-order valence-corrected chi connectivity index (χ1v) is 8.19. The Bertz CT molecular complexity index is 920. The number of nitrogens with one attached hydrogen (secondary N) is 2. The van der Waals surface area contributed by atoms with Gasteiger partial charge in [0, 0.05) is 24.0 Å². The third-order valence-electron chi connectivity index (χ3n) is 3.89. The minimum absolute atomic E-state index is 0.0624. The van der Waals surface area contributed by atoms with Crippen molar-refractivity contribution in [3.63, 3.8) is 0 Å². The Balaban J connectivity index is 1.72. The number of carboxylic acid groups (broad SMARTS) is 1. The van der Waals surface area contributed by atoms with E-state index in [2.05, 4.69) is 38.8 Å². The molecule has 0 aliphatic heterocycles. The lowest BCUT2D eigenvalue weighted by Crippen LogP contribution is -2.15. The first kappa shape index (κ1) is 17.4. The summed E-state index contributed by atoms with van der Waals surface area (Å²) in [5.74, 6) is -1.20. The average molecular weight is 353 g/mol. The van der Waals surface area contributed by atoms with Gasteiger partial charge in [-0.2, -0.15) is 4.98 Å². The number of nitrogens with two attached hydrogens (primary N) is 1. The van der Waals surface area contributed by atoms with Gasteiger partial charge in [0.15, 0.2) is 0 Å². The van der Waals surface area contributed by atoms with Crippen molar-refractivity contribution >= 4 is 40.2 Å². The van der Waals surface area contributed by atoms with Gasteiger partial charge in [0.1, 0.15) is 5.82 Å². The summed E-state index contributed by atoms with van der Waals surface area (Å²) in [5.41, 5.74) is 8.72. The molecule has 134 valence electrons. The van der Waals surface area contributed by atoms with Crippen molar-refractivity contribution in [3.05, 3.63) is 42.0 Å². The molecule has 0 saturated carbocycles. The van der Waals surface area contributed by atoms with E-state index in [1.807, 2.05) is 12.1 Å². The van der Waals surface area contributed by atoms with E-state index in [1.165, 1.54) is 5.57 Å². The molecule has 0 bridgehead atoms. The maximum Gasteiger partial charge on any atom is 0.303 e. The molecule has 1 amide bonds. The molecule has 2 aromatic rings. The van der Waals surface area contributed by atoms with Crippen molar-refractivity contribution < 1.29 is 14.7 Å². The van der Waals surface area contributed by atoms with Crippen LogP contribution in [-0.4, -0.2) is 33.5 Å². The number of amides is 1. The summed E-state index contributed by atoms with van der Waals surface area (Å²) in [6.45, 7) is 0.723. The fourth-order valence-electron chi connectivity index (χ4n) is 2.57. The maximum atomic E-state index is 11.7. The van der Waals surface area contributed by atoms with E-state index < -0.39 is 11.9 Å². The molecular weight excluding hydrogens is 334 g/mol. The number of fused-ring (bicyclic) bond motifs is 1. The summed E-state index contributed by atoms with van der Waals surface area (Å²) in [4.78, 5) is 30.6. The minimum Gasteiger partial charge on any atom is -0.481 e. The van der Waals surface area contributed by atoms with E-state index in [9.17, 15) is 9.59 Å². The van der Waals surface area contributed by atoms with Crippen LogP contribution in [0, 0.1) is 0 Å². The molecule has 5 N–H and O–H groups in total. The van der Waals surface area contributed by atoms with Gasteiger partial charge in [0.05, 0.1) is 11.9 Å². The average Bonchev–Trinajstić information content (AvgIpc) is 3.12. The van der Waals surface area contributed by atoms with Crippen molar-refractivity contribution in [2.24, 2.45) is 0 Å². The van der Waals surface area contributed by atoms with Gasteiger partial charge in [-0.15, -0.1) is 0 Å². The second kappa shape index (κ2) is 7.64. The minimum atomic E-state index is -1.04. The second-order valence-electron chi connectivity index (χ2n) is 5.88. The zero-order valence-electron chi connectivity index (χ0n) is 14.0. The topological polar surface area (TPSA) is 130 Å². The summed E-state index contributed by atoms with van der Waals surface area (Å²) >= 11 is 0. The fourth-order valence-corrected chi connectivity index (χ4v) is 2.57. The van der Waals surface area contributed by atoms with Crippen LogP contribution in [0.5, 0.6) is 0 Å². The van der Waals surface area contributed by atoms with Crippen LogP contribution in [0.1, 0.15) is 19.3 Å². The van der Waals surface area contributed by atoms with Crippen molar-refractivity contribution in [2.75, 3.05) is 22.9 Å². The standard InChI is InChI=1S/C18H19N5O3/c19-17-13-9-12(20-10-11-3-1-2-4-11)5-6-14(13)21-18(23-17)22-15(24)7-8-16(25)26/h1,3-6,9,20H,2,7-8,10H2,(H,25,26)(H3,19,21,22,23,24). The molecule has 8 heteroatoms. The number of aromatic nitrogens is 2. The Labute approximate surface area is 149 Å². The highest BCUT2D eigenvalue weighted by Crippen LogP contribution is 2.24. The SMILES string of the molecule is Nc1nc(NC(=O)CCC(=O)O)nc2ccc(NCC3=CCC=C3)cc12. The van der Waals surface area contributed by atoms with Crippen LogP contribution in [-0.2, 0) is 9.59 Å². The molecular formula is C18H19N5O3. The highest BCUT2D eigenvalue weighted by atomic mass is 16.4. The number of carbonyl (C=O) groups excluding carboxylic acids is 1. The van der Waals surface area contributed by atoms with Crippen LogP contribution in [0.2, 0.25) is 0 Å². The molecule has 3 rings (SSSR count). The number of nitrogens with zero attached hydrogens (tertiary/aromatic N) is 2. The third kappa shape index (κ3) is 4.35. The predicted molar refractivity (Wildman–Crippen MR) is 99.8 cm³/mol. The summed E-state index contributed by atoms with van der Waals surface area (Å²) in [5, 5.41) is 15.1. The molecule has 26 heavy (non-hydrogen) atoms. The molecule has 1 heterocycles. The van der Waals surface area contributed by atoms with Gasteiger partial charge >= 0.3 is 5.97 Å². The van der Waals surface area contributed by atoms with E-state index in [1.54, 1.807) is 6.07 Å². The summed E-state index contributed by atoms with van der Waals surface area (Å²) < 4.78 is 0. The van der Waals surface area contributed by atoms with Crippen LogP contribution in [0.25, 0.3) is 10.9 Å². The van der Waals surface area contributed by atoms with Gasteiger partial charge in [-0.1, -0.05) is 18.2 Å².